The Labute approximate surface area is 134 Å². The number of benzene rings is 1. The molecule has 0 unspecified atom stereocenters. The van der Waals surface area contributed by atoms with Gasteiger partial charge in [0.25, 0.3) is 5.91 Å². The zero-order valence-electron chi connectivity index (χ0n) is 11.1. The number of carbonyl (C=O) groups is 2. The Kier molecular flexibility index (Phi) is 4.07. The molecule has 108 valence electrons. The van der Waals surface area contributed by atoms with Crippen molar-refractivity contribution in [1.29, 1.82) is 0 Å². The van der Waals surface area contributed by atoms with Gasteiger partial charge in [-0.1, -0.05) is 6.07 Å². The summed E-state index contributed by atoms with van der Waals surface area (Å²) in [6.07, 6.45) is 1.48. The Morgan fingerprint density at radius 2 is 2.14 bits per heavy atom. The minimum absolute atomic E-state index is 0.140. The maximum Gasteiger partial charge on any atom is 0.265 e. The highest BCUT2D eigenvalue weighted by Gasteiger charge is 2.21. The topological polar surface area (TPSA) is 49.4 Å². The van der Waals surface area contributed by atoms with Crippen LogP contribution in [0.1, 0.15) is 22.5 Å². The quantitative estimate of drug-likeness (QED) is 0.897. The molecular weight excluding hydrogens is 352 g/mol. The molecule has 1 aromatic heterocycles. The molecule has 0 atom stereocenters. The average molecular weight is 365 g/mol. The second-order valence-electron chi connectivity index (χ2n) is 4.76. The zero-order chi connectivity index (χ0) is 14.8. The monoisotopic (exact) mass is 364 g/mol. The minimum atomic E-state index is -0.143. The van der Waals surface area contributed by atoms with Crippen LogP contribution in [0.2, 0.25) is 0 Å². The summed E-state index contributed by atoms with van der Waals surface area (Å²) in [6, 6.07) is 11.0. The normalized spacial score (nSPS) is 14.5. The third-order valence-corrected chi connectivity index (χ3v) is 4.91. The van der Waals surface area contributed by atoms with Gasteiger partial charge in [-0.25, -0.2) is 0 Å². The fraction of sp³-hybridized carbons (Fsp3) is 0.200. The number of thiophene rings is 1. The first-order valence-corrected chi connectivity index (χ1v) is 8.21. The van der Waals surface area contributed by atoms with Gasteiger partial charge in [-0.05, 0) is 52.7 Å². The van der Waals surface area contributed by atoms with Gasteiger partial charge in [0.2, 0.25) is 5.91 Å². The van der Waals surface area contributed by atoms with E-state index in [9.17, 15) is 9.59 Å². The van der Waals surface area contributed by atoms with Crippen LogP contribution in [-0.2, 0) is 4.79 Å². The summed E-state index contributed by atoms with van der Waals surface area (Å²) in [4.78, 5) is 26.3. The number of nitrogens with one attached hydrogen (secondary N) is 1. The van der Waals surface area contributed by atoms with Crippen LogP contribution in [0.15, 0.2) is 40.2 Å². The maximum absolute atomic E-state index is 12.1. The largest absolute Gasteiger partial charge is 0.321 e. The van der Waals surface area contributed by atoms with Crippen molar-refractivity contribution in [2.45, 2.75) is 12.8 Å². The lowest BCUT2D eigenvalue weighted by atomic mass is 10.2. The molecule has 0 spiro atoms. The summed E-state index contributed by atoms with van der Waals surface area (Å²) in [5.41, 5.74) is 1.53. The molecule has 1 aliphatic rings. The van der Waals surface area contributed by atoms with Gasteiger partial charge in [0, 0.05) is 24.3 Å². The van der Waals surface area contributed by atoms with Crippen LogP contribution in [0, 0.1) is 0 Å². The van der Waals surface area contributed by atoms with Crippen molar-refractivity contribution in [3.63, 3.8) is 0 Å². The first-order valence-electron chi connectivity index (χ1n) is 6.60. The highest BCUT2D eigenvalue weighted by atomic mass is 79.9. The van der Waals surface area contributed by atoms with E-state index in [-0.39, 0.29) is 11.8 Å². The molecule has 3 rings (SSSR count). The first kappa shape index (κ1) is 14.3. The summed E-state index contributed by atoms with van der Waals surface area (Å²) >= 11 is 4.73. The van der Waals surface area contributed by atoms with Crippen molar-refractivity contribution >= 4 is 50.5 Å². The molecule has 4 nitrogen and oxygen atoms in total. The van der Waals surface area contributed by atoms with Crippen LogP contribution in [0.25, 0.3) is 0 Å². The maximum atomic E-state index is 12.1. The van der Waals surface area contributed by atoms with Gasteiger partial charge >= 0.3 is 0 Å². The van der Waals surface area contributed by atoms with E-state index in [0.717, 1.165) is 22.4 Å². The van der Waals surface area contributed by atoms with E-state index in [4.69, 9.17) is 0 Å². The molecule has 21 heavy (non-hydrogen) atoms. The second kappa shape index (κ2) is 5.99. The minimum Gasteiger partial charge on any atom is -0.321 e. The van der Waals surface area contributed by atoms with Crippen LogP contribution in [0.3, 0.4) is 0 Å². The van der Waals surface area contributed by atoms with Crippen LogP contribution < -0.4 is 10.2 Å². The van der Waals surface area contributed by atoms with Gasteiger partial charge in [0.1, 0.15) is 0 Å². The third kappa shape index (κ3) is 3.16. The molecular formula is C15H13BrN2O2S. The Balaban J connectivity index is 1.77. The molecule has 1 fully saturated rings. The summed E-state index contributed by atoms with van der Waals surface area (Å²) in [6.45, 7) is 0.744. The predicted molar refractivity (Wildman–Crippen MR) is 88.0 cm³/mol. The molecule has 1 N–H and O–H groups in total. The number of nitrogens with zero attached hydrogens (tertiary/aromatic N) is 1. The highest BCUT2D eigenvalue weighted by molar-refractivity contribution is 9.11. The summed E-state index contributed by atoms with van der Waals surface area (Å²) in [5.74, 6) is -0.00346. The van der Waals surface area contributed by atoms with Crippen molar-refractivity contribution in [3.05, 3.63) is 45.1 Å². The van der Waals surface area contributed by atoms with E-state index < -0.39 is 0 Å². The molecule has 0 bridgehead atoms. The number of amides is 2. The Morgan fingerprint density at radius 3 is 2.81 bits per heavy atom. The van der Waals surface area contributed by atoms with Crippen LogP contribution >= 0.6 is 27.3 Å². The van der Waals surface area contributed by atoms with E-state index in [0.29, 0.717) is 17.0 Å². The molecule has 2 amide bonds. The standard InChI is InChI=1S/C15H13BrN2O2S/c16-13-7-6-12(21-13)15(20)17-10-3-1-4-11(9-10)18-8-2-5-14(18)19/h1,3-4,6-7,9H,2,5,8H2,(H,17,20). The van der Waals surface area contributed by atoms with E-state index in [1.54, 1.807) is 11.0 Å². The van der Waals surface area contributed by atoms with Crippen molar-refractivity contribution in [2.75, 3.05) is 16.8 Å². The van der Waals surface area contributed by atoms with Gasteiger partial charge < -0.3 is 10.2 Å². The van der Waals surface area contributed by atoms with Crippen LogP contribution in [0.5, 0.6) is 0 Å². The van der Waals surface area contributed by atoms with E-state index in [1.165, 1.54) is 11.3 Å². The van der Waals surface area contributed by atoms with E-state index in [2.05, 4.69) is 21.2 Å². The molecule has 6 heteroatoms. The molecule has 0 aliphatic carbocycles. The highest BCUT2D eigenvalue weighted by Crippen LogP contribution is 2.26. The van der Waals surface area contributed by atoms with Crippen LogP contribution in [-0.4, -0.2) is 18.4 Å². The smallest absolute Gasteiger partial charge is 0.265 e. The number of hydrogen-bond acceptors (Lipinski definition) is 3. The van der Waals surface area contributed by atoms with Crippen molar-refractivity contribution in [1.82, 2.24) is 0 Å². The average Bonchev–Trinajstić information content (AvgIpc) is 3.08. The van der Waals surface area contributed by atoms with Crippen molar-refractivity contribution in [3.8, 4) is 0 Å². The third-order valence-electron chi connectivity index (χ3n) is 3.29. The number of hydrogen-bond donors (Lipinski definition) is 1. The molecule has 0 saturated carbocycles. The molecule has 1 aliphatic heterocycles. The molecule has 2 aromatic rings. The number of halogens is 1. The Bertz CT molecular complexity index is 698. The first-order chi connectivity index (χ1) is 10.1. The molecule has 0 radical (unpaired) electrons. The summed E-state index contributed by atoms with van der Waals surface area (Å²) < 4.78 is 0.920. The number of carbonyl (C=O) groups excluding carboxylic acids is 2. The fourth-order valence-corrected chi connectivity index (χ4v) is 3.58. The Morgan fingerprint density at radius 1 is 1.29 bits per heavy atom. The molecule has 1 aromatic carbocycles. The lowest BCUT2D eigenvalue weighted by Crippen LogP contribution is -2.23. The lowest BCUT2D eigenvalue weighted by molar-refractivity contribution is -0.117. The van der Waals surface area contributed by atoms with Gasteiger partial charge in [-0.3, -0.25) is 9.59 Å². The lowest BCUT2D eigenvalue weighted by Gasteiger charge is -2.16. The van der Waals surface area contributed by atoms with E-state index in [1.807, 2.05) is 30.3 Å². The SMILES string of the molecule is O=C(Nc1cccc(N2CCCC2=O)c1)c1ccc(Br)s1. The predicted octanol–water partition coefficient (Wildman–Crippen LogP) is 3.89. The fourth-order valence-electron chi connectivity index (χ4n) is 2.30. The Hall–Kier alpha value is -1.66. The van der Waals surface area contributed by atoms with Crippen LogP contribution in [0.4, 0.5) is 11.4 Å². The van der Waals surface area contributed by atoms with Gasteiger partial charge in [-0.15, -0.1) is 11.3 Å². The van der Waals surface area contributed by atoms with Gasteiger partial charge in [0.15, 0.2) is 0 Å². The molecule has 1 saturated heterocycles. The van der Waals surface area contributed by atoms with Crippen molar-refractivity contribution < 1.29 is 9.59 Å². The summed E-state index contributed by atoms with van der Waals surface area (Å²) in [7, 11) is 0. The number of anilines is 2. The van der Waals surface area contributed by atoms with Crippen molar-refractivity contribution in [2.24, 2.45) is 0 Å². The zero-order valence-corrected chi connectivity index (χ0v) is 13.5. The number of rotatable bonds is 3. The summed E-state index contributed by atoms with van der Waals surface area (Å²) in [5, 5.41) is 2.86. The second-order valence-corrected chi connectivity index (χ2v) is 7.22. The molecule has 2 heterocycles. The van der Waals surface area contributed by atoms with Gasteiger partial charge in [-0.2, -0.15) is 0 Å². The van der Waals surface area contributed by atoms with Gasteiger partial charge in [0.05, 0.1) is 8.66 Å². The van der Waals surface area contributed by atoms with E-state index >= 15 is 0 Å².